The minimum Gasteiger partial charge on any atom is -0.288 e. The lowest BCUT2D eigenvalue weighted by Crippen LogP contribution is -2.01. The van der Waals surface area contributed by atoms with E-state index in [1.807, 2.05) is 26.0 Å². The normalized spacial score (nSPS) is 10.6. The molecule has 0 aliphatic carbocycles. The van der Waals surface area contributed by atoms with Crippen molar-refractivity contribution < 1.29 is 4.79 Å². The second-order valence-electron chi connectivity index (χ2n) is 4.16. The number of hydrogen-bond acceptors (Lipinski definition) is 2. The molecule has 2 aromatic rings. The summed E-state index contributed by atoms with van der Waals surface area (Å²) < 4.78 is 2.69. The number of aromatic nitrogens is 2. The van der Waals surface area contributed by atoms with Crippen molar-refractivity contribution >= 4 is 21.7 Å². The Bertz CT molecular complexity index is 564. The van der Waals surface area contributed by atoms with Crippen LogP contribution < -0.4 is 0 Å². The first-order valence-corrected chi connectivity index (χ1v) is 6.08. The summed E-state index contributed by atoms with van der Waals surface area (Å²) in [4.78, 5) is 12.2. The molecule has 2 rings (SSSR count). The summed E-state index contributed by atoms with van der Waals surface area (Å²) in [5.74, 6) is 0.0109. The first-order valence-electron chi connectivity index (χ1n) is 5.29. The molecule has 0 N–H and O–H groups in total. The van der Waals surface area contributed by atoms with E-state index in [4.69, 9.17) is 0 Å². The van der Waals surface area contributed by atoms with Crippen LogP contribution in [0.4, 0.5) is 0 Å². The molecule has 0 saturated heterocycles. The van der Waals surface area contributed by atoms with Crippen LogP contribution in [0.2, 0.25) is 0 Å². The van der Waals surface area contributed by atoms with Gasteiger partial charge in [0.25, 0.3) is 0 Å². The fraction of sp³-hybridized carbons (Fsp3) is 0.231. The van der Waals surface area contributed by atoms with Crippen molar-refractivity contribution in [2.75, 3.05) is 0 Å². The van der Waals surface area contributed by atoms with Crippen molar-refractivity contribution in [3.8, 4) is 0 Å². The summed E-state index contributed by atoms with van der Waals surface area (Å²) in [7, 11) is 1.80. The van der Waals surface area contributed by atoms with Crippen LogP contribution >= 0.6 is 15.9 Å². The van der Waals surface area contributed by atoms with E-state index in [-0.39, 0.29) is 5.78 Å². The largest absolute Gasteiger partial charge is 0.288 e. The van der Waals surface area contributed by atoms with E-state index < -0.39 is 0 Å². The Labute approximate surface area is 109 Å². The molecule has 0 fully saturated rings. The average Bonchev–Trinajstić information content (AvgIpc) is 2.71. The summed E-state index contributed by atoms with van der Waals surface area (Å²) in [5, 5.41) is 4.01. The third kappa shape index (κ3) is 2.31. The van der Waals surface area contributed by atoms with E-state index in [2.05, 4.69) is 21.0 Å². The molecule has 4 heteroatoms. The zero-order valence-electron chi connectivity index (χ0n) is 9.99. The maximum atomic E-state index is 12.2. The predicted octanol–water partition coefficient (Wildman–Crippen LogP) is 3.03. The van der Waals surface area contributed by atoms with E-state index in [9.17, 15) is 4.79 Å². The third-order valence-electron chi connectivity index (χ3n) is 2.67. The van der Waals surface area contributed by atoms with Gasteiger partial charge in [0, 0.05) is 23.3 Å². The minimum atomic E-state index is 0.0109. The Morgan fingerprint density at radius 2 is 1.82 bits per heavy atom. The molecule has 1 aromatic heterocycles. The maximum Gasteiger partial charge on any atom is 0.196 e. The van der Waals surface area contributed by atoms with Crippen LogP contribution in [0.15, 0.2) is 29.0 Å². The number of carbonyl (C=O) groups is 1. The van der Waals surface area contributed by atoms with Crippen LogP contribution in [0, 0.1) is 13.8 Å². The number of halogens is 1. The van der Waals surface area contributed by atoms with Crippen LogP contribution in [0.3, 0.4) is 0 Å². The number of rotatable bonds is 2. The highest BCUT2D eigenvalue weighted by Gasteiger charge is 2.13. The number of ketones is 1. The van der Waals surface area contributed by atoms with Gasteiger partial charge in [-0.3, -0.25) is 9.48 Å². The fourth-order valence-electron chi connectivity index (χ4n) is 1.78. The van der Waals surface area contributed by atoms with Gasteiger partial charge in [-0.2, -0.15) is 5.10 Å². The molecule has 88 valence electrons. The van der Waals surface area contributed by atoms with Crippen molar-refractivity contribution in [3.63, 3.8) is 0 Å². The Kier molecular flexibility index (Phi) is 3.15. The van der Waals surface area contributed by atoms with E-state index in [0.717, 1.165) is 15.6 Å². The highest BCUT2D eigenvalue weighted by molar-refractivity contribution is 9.10. The third-order valence-corrected chi connectivity index (χ3v) is 3.92. The molecule has 0 aliphatic heterocycles. The van der Waals surface area contributed by atoms with E-state index >= 15 is 0 Å². The highest BCUT2D eigenvalue weighted by atomic mass is 79.9. The van der Waals surface area contributed by atoms with Gasteiger partial charge in [-0.1, -0.05) is 15.9 Å². The van der Waals surface area contributed by atoms with Crippen LogP contribution in [0.5, 0.6) is 0 Å². The summed E-state index contributed by atoms with van der Waals surface area (Å²) in [6.07, 6.45) is 3.32. The van der Waals surface area contributed by atoms with E-state index in [1.54, 1.807) is 24.1 Å². The molecule has 1 aromatic carbocycles. The van der Waals surface area contributed by atoms with Crippen molar-refractivity contribution in [1.29, 1.82) is 0 Å². The molecule has 0 radical (unpaired) electrons. The van der Waals surface area contributed by atoms with Gasteiger partial charge in [0.2, 0.25) is 0 Å². The Morgan fingerprint density at radius 3 is 2.29 bits per heavy atom. The van der Waals surface area contributed by atoms with E-state index in [1.165, 1.54) is 0 Å². The van der Waals surface area contributed by atoms with Crippen molar-refractivity contribution in [3.05, 3.63) is 51.3 Å². The Hall–Kier alpha value is -1.42. The molecular formula is C13H13BrN2O. The zero-order valence-corrected chi connectivity index (χ0v) is 11.6. The molecule has 1 heterocycles. The van der Waals surface area contributed by atoms with Crippen LogP contribution in [0.1, 0.15) is 27.0 Å². The lowest BCUT2D eigenvalue weighted by atomic mass is 10.0. The molecular weight excluding hydrogens is 280 g/mol. The van der Waals surface area contributed by atoms with Gasteiger partial charge in [-0.05, 0) is 37.1 Å². The molecule has 0 atom stereocenters. The maximum absolute atomic E-state index is 12.2. The number of hydrogen-bond donors (Lipinski definition) is 0. The standard InChI is InChI=1S/C13H13BrN2O/c1-8-4-10(5-9(2)12(8)14)13(17)11-6-15-16(3)7-11/h4-7H,1-3H3. The van der Waals surface area contributed by atoms with Crippen molar-refractivity contribution in [2.24, 2.45) is 7.05 Å². The fourth-order valence-corrected chi connectivity index (χ4v) is 2.01. The van der Waals surface area contributed by atoms with Crippen LogP contribution in [-0.2, 0) is 7.05 Å². The van der Waals surface area contributed by atoms with Crippen molar-refractivity contribution in [1.82, 2.24) is 9.78 Å². The topological polar surface area (TPSA) is 34.9 Å². The number of nitrogens with zero attached hydrogens (tertiary/aromatic N) is 2. The van der Waals surface area contributed by atoms with Crippen molar-refractivity contribution in [2.45, 2.75) is 13.8 Å². The molecule has 17 heavy (non-hydrogen) atoms. The number of benzene rings is 1. The number of aryl methyl sites for hydroxylation is 3. The monoisotopic (exact) mass is 292 g/mol. The SMILES string of the molecule is Cc1cc(C(=O)c2cnn(C)c2)cc(C)c1Br. The first kappa shape index (κ1) is 12.0. The lowest BCUT2D eigenvalue weighted by Gasteiger charge is -2.06. The molecule has 0 saturated carbocycles. The number of carbonyl (C=O) groups excluding carboxylic acids is 1. The second-order valence-corrected chi connectivity index (χ2v) is 4.95. The zero-order chi connectivity index (χ0) is 12.6. The molecule has 0 unspecified atom stereocenters. The van der Waals surface area contributed by atoms with E-state index in [0.29, 0.717) is 11.1 Å². The van der Waals surface area contributed by atoms with Gasteiger partial charge in [0.05, 0.1) is 11.8 Å². The highest BCUT2D eigenvalue weighted by Crippen LogP contribution is 2.23. The summed E-state index contributed by atoms with van der Waals surface area (Å²) in [5.41, 5.74) is 3.46. The smallest absolute Gasteiger partial charge is 0.196 e. The predicted molar refractivity (Wildman–Crippen MR) is 70.3 cm³/mol. The minimum absolute atomic E-state index is 0.0109. The average molecular weight is 293 g/mol. The van der Waals surface area contributed by atoms with Gasteiger partial charge in [0.15, 0.2) is 5.78 Å². The lowest BCUT2D eigenvalue weighted by molar-refractivity contribution is 0.103. The second kappa shape index (κ2) is 4.45. The molecule has 0 bridgehead atoms. The summed E-state index contributed by atoms with van der Waals surface area (Å²) in [6.45, 7) is 3.97. The van der Waals surface area contributed by atoms with Gasteiger partial charge in [-0.25, -0.2) is 0 Å². The van der Waals surface area contributed by atoms with Gasteiger partial charge < -0.3 is 0 Å². The summed E-state index contributed by atoms with van der Waals surface area (Å²) >= 11 is 3.49. The molecule has 0 amide bonds. The molecule has 0 aliphatic rings. The molecule has 3 nitrogen and oxygen atoms in total. The van der Waals surface area contributed by atoms with Crippen LogP contribution in [0.25, 0.3) is 0 Å². The Balaban J connectivity index is 2.44. The quantitative estimate of drug-likeness (QED) is 0.798. The van der Waals surface area contributed by atoms with Gasteiger partial charge >= 0.3 is 0 Å². The summed E-state index contributed by atoms with van der Waals surface area (Å²) in [6, 6.07) is 3.79. The van der Waals surface area contributed by atoms with Gasteiger partial charge in [-0.15, -0.1) is 0 Å². The Morgan fingerprint density at radius 1 is 1.24 bits per heavy atom. The molecule has 0 spiro atoms. The van der Waals surface area contributed by atoms with Gasteiger partial charge in [0.1, 0.15) is 0 Å². The first-order chi connectivity index (χ1) is 7.99. The van der Waals surface area contributed by atoms with Crippen LogP contribution in [-0.4, -0.2) is 15.6 Å².